The normalized spacial score (nSPS) is 23.8. The Morgan fingerprint density at radius 2 is 1.41 bits per heavy atom. The van der Waals surface area contributed by atoms with Crippen LogP contribution in [0.2, 0.25) is 0 Å². The summed E-state index contributed by atoms with van der Waals surface area (Å²) in [6.45, 7) is 0. The van der Waals surface area contributed by atoms with Gasteiger partial charge in [-0.3, -0.25) is 0 Å². The Balaban J connectivity index is 1.37. The second kappa shape index (κ2) is 8.70. The van der Waals surface area contributed by atoms with Gasteiger partial charge in [0.2, 0.25) is 9.84 Å². The molecule has 29 heavy (non-hydrogen) atoms. The summed E-state index contributed by atoms with van der Waals surface area (Å²) in [7, 11) is -3.53. The topological polar surface area (TPSA) is 52.6 Å². The molecule has 1 aromatic carbocycles. The number of ether oxygens (including phenoxy) is 2. The maximum Gasteiger partial charge on any atom is 0.205 e. The minimum Gasteiger partial charge on any atom is -0.486 e. The number of rotatable bonds is 6. The van der Waals surface area contributed by atoms with Crippen molar-refractivity contribution in [3.05, 3.63) is 101 Å². The van der Waals surface area contributed by atoms with Crippen molar-refractivity contribution < 1.29 is 17.9 Å². The van der Waals surface area contributed by atoms with E-state index in [2.05, 4.69) is 12.2 Å². The Labute approximate surface area is 172 Å². The monoisotopic (exact) mass is 408 g/mol. The highest BCUT2D eigenvalue weighted by Gasteiger charge is 2.25. The van der Waals surface area contributed by atoms with Crippen LogP contribution in [0.1, 0.15) is 25.7 Å². The molecule has 3 aliphatic carbocycles. The zero-order valence-corrected chi connectivity index (χ0v) is 16.9. The number of benzene rings is 1. The van der Waals surface area contributed by atoms with Crippen molar-refractivity contribution in [1.82, 2.24) is 0 Å². The number of sulfone groups is 1. The van der Waals surface area contributed by atoms with E-state index in [0.29, 0.717) is 22.7 Å². The highest BCUT2D eigenvalue weighted by Crippen LogP contribution is 2.29. The highest BCUT2D eigenvalue weighted by atomic mass is 32.2. The molecule has 4 nitrogen and oxygen atoms in total. The molecule has 0 saturated heterocycles. The fraction of sp³-hybridized carbons (Fsp3) is 0.250. The van der Waals surface area contributed by atoms with Gasteiger partial charge in [-0.05, 0) is 61.4 Å². The molecular weight excluding hydrogens is 384 g/mol. The van der Waals surface area contributed by atoms with E-state index in [-0.39, 0.29) is 12.2 Å². The molecule has 0 bridgehead atoms. The SMILES string of the molecule is O=S(=O)(C1=CCC(OC2=CCCC=C2)C=C1)C1=CCC(Oc2ccccc2)C=C1. The van der Waals surface area contributed by atoms with Crippen molar-refractivity contribution in [3.63, 3.8) is 0 Å². The summed E-state index contributed by atoms with van der Waals surface area (Å²) >= 11 is 0. The summed E-state index contributed by atoms with van der Waals surface area (Å²) in [5.41, 5.74) is 0. The van der Waals surface area contributed by atoms with E-state index in [1.807, 2.05) is 42.5 Å². The van der Waals surface area contributed by atoms with E-state index in [1.54, 1.807) is 30.4 Å². The standard InChI is InChI=1S/C24H24O4S/c25-29(26,23-15-11-21(12-16-23)27-19-7-3-1-4-8-19)24-17-13-22(14-18-24)28-20-9-5-2-6-10-20/h1,3-5,7-11,13,15-18,21-22H,2,6,12,14H2. The van der Waals surface area contributed by atoms with E-state index in [4.69, 9.17) is 9.47 Å². The minimum atomic E-state index is -3.53. The molecule has 0 aliphatic heterocycles. The van der Waals surface area contributed by atoms with Crippen LogP contribution in [0.5, 0.6) is 5.75 Å². The minimum absolute atomic E-state index is 0.137. The third-order valence-corrected chi connectivity index (χ3v) is 6.80. The summed E-state index contributed by atoms with van der Waals surface area (Å²) in [6.07, 6.45) is 19.3. The average molecular weight is 409 g/mol. The maximum absolute atomic E-state index is 13.0. The van der Waals surface area contributed by atoms with Crippen LogP contribution in [0.3, 0.4) is 0 Å². The first kappa shape index (κ1) is 19.5. The Morgan fingerprint density at radius 1 is 0.759 bits per heavy atom. The highest BCUT2D eigenvalue weighted by molar-refractivity contribution is 7.99. The van der Waals surface area contributed by atoms with Crippen LogP contribution in [0.25, 0.3) is 0 Å². The van der Waals surface area contributed by atoms with Crippen LogP contribution in [0.15, 0.2) is 101 Å². The molecule has 3 aliphatic rings. The van der Waals surface area contributed by atoms with Crippen molar-refractivity contribution in [2.24, 2.45) is 0 Å². The van der Waals surface area contributed by atoms with Gasteiger partial charge in [0, 0.05) is 12.8 Å². The zero-order valence-electron chi connectivity index (χ0n) is 16.1. The number of hydrogen-bond acceptors (Lipinski definition) is 4. The van der Waals surface area contributed by atoms with Crippen molar-refractivity contribution in [2.45, 2.75) is 37.9 Å². The Hall–Kier alpha value is -2.79. The van der Waals surface area contributed by atoms with Crippen LogP contribution in [-0.4, -0.2) is 20.6 Å². The number of hydrogen-bond donors (Lipinski definition) is 0. The second-order valence-electron chi connectivity index (χ2n) is 7.12. The fourth-order valence-electron chi connectivity index (χ4n) is 3.40. The summed E-state index contributed by atoms with van der Waals surface area (Å²) < 4.78 is 37.7. The van der Waals surface area contributed by atoms with E-state index in [9.17, 15) is 8.42 Å². The number of para-hydroxylation sites is 1. The Morgan fingerprint density at radius 3 is 1.97 bits per heavy atom. The molecule has 4 rings (SSSR count). The lowest BCUT2D eigenvalue weighted by Gasteiger charge is -2.21. The molecule has 0 amide bonds. The van der Waals surface area contributed by atoms with Gasteiger partial charge in [0.1, 0.15) is 23.7 Å². The molecule has 150 valence electrons. The zero-order chi connectivity index (χ0) is 20.1. The van der Waals surface area contributed by atoms with Crippen LogP contribution >= 0.6 is 0 Å². The molecule has 0 radical (unpaired) electrons. The van der Waals surface area contributed by atoms with Gasteiger partial charge in [-0.25, -0.2) is 8.42 Å². The van der Waals surface area contributed by atoms with Gasteiger partial charge in [0.15, 0.2) is 0 Å². The third-order valence-electron chi connectivity index (χ3n) is 4.95. The molecule has 2 unspecified atom stereocenters. The van der Waals surface area contributed by atoms with Crippen molar-refractivity contribution in [2.75, 3.05) is 0 Å². The molecule has 2 atom stereocenters. The van der Waals surface area contributed by atoms with Gasteiger partial charge in [-0.2, -0.15) is 0 Å². The van der Waals surface area contributed by atoms with Gasteiger partial charge in [-0.15, -0.1) is 0 Å². The van der Waals surface area contributed by atoms with Gasteiger partial charge in [0.25, 0.3) is 0 Å². The first-order chi connectivity index (χ1) is 14.1. The predicted molar refractivity (Wildman–Crippen MR) is 115 cm³/mol. The molecule has 0 N–H and O–H groups in total. The molecule has 0 spiro atoms. The lowest BCUT2D eigenvalue weighted by atomic mass is 10.1. The van der Waals surface area contributed by atoms with Gasteiger partial charge >= 0.3 is 0 Å². The predicted octanol–water partition coefficient (Wildman–Crippen LogP) is 5.16. The fourth-order valence-corrected chi connectivity index (χ4v) is 4.82. The summed E-state index contributed by atoms with van der Waals surface area (Å²) in [4.78, 5) is 0.641. The van der Waals surface area contributed by atoms with Crippen molar-refractivity contribution in [3.8, 4) is 5.75 Å². The molecule has 0 heterocycles. The molecule has 5 heteroatoms. The lowest BCUT2D eigenvalue weighted by molar-refractivity contribution is 0.165. The van der Waals surface area contributed by atoms with E-state index in [0.717, 1.165) is 24.4 Å². The van der Waals surface area contributed by atoms with Gasteiger partial charge < -0.3 is 9.47 Å². The van der Waals surface area contributed by atoms with Crippen molar-refractivity contribution in [1.29, 1.82) is 0 Å². The largest absolute Gasteiger partial charge is 0.486 e. The number of allylic oxidation sites excluding steroid dienone is 5. The lowest BCUT2D eigenvalue weighted by Crippen LogP contribution is -2.18. The summed E-state index contributed by atoms with van der Waals surface area (Å²) in [5.74, 6) is 1.63. The molecule has 0 saturated carbocycles. The molecule has 0 aromatic heterocycles. The van der Waals surface area contributed by atoms with Gasteiger partial charge in [0.05, 0.1) is 9.81 Å². The first-order valence-electron chi connectivity index (χ1n) is 9.88. The van der Waals surface area contributed by atoms with Gasteiger partial charge in [-0.1, -0.05) is 36.4 Å². The first-order valence-corrected chi connectivity index (χ1v) is 11.4. The molecule has 0 fully saturated rings. The molecule has 1 aromatic rings. The van der Waals surface area contributed by atoms with Crippen LogP contribution < -0.4 is 4.74 Å². The quantitative estimate of drug-likeness (QED) is 0.653. The van der Waals surface area contributed by atoms with Crippen LogP contribution in [-0.2, 0) is 14.6 Å². The Kier molecular flexibility index (Phi) is 5.86. The smallest absolute Gasteiger partial charge is 0.205 e. The second-order valence-corrected chi connectivity index (χ2v) is 9.07. The van der Waals surface area contributed by atoms with Crippen molar-refractivity contribution >= 4 is 9.84 Å². The van der Waals surface area contributed by atoms with E-state index >= 15 is 0 Å². The Bertz CT molecular complexity index is 1020. The maximum atomic E-state index is 13.0. The summed E-state index contributed by atoms with van der Waals surface area (Å²) in [5, 5.41) is 0. The molecular formula is C24H24O4S. The summed E-state index contributed by atoms with van der Waals surface area (Å²) in [6, 6.07) is 9.53. The van der Waals surface area contributed by atoms with Crippen LogP contribution in [0.4, 0.5) is 0 Å². The van der Waals surface area contributed by atoms with E-state index in [1.165, 1.54) is 0 Å². The van der Waals surface area contributed by atoms with Crippen LogP contribution in [0, 0.1) is 0 Å². The average Bonchev–Trinajstić information content (AvgIpc) is 2.76. The van der Waals surface area contributed by atoms with E-state index < -0.39 is 9.84 Å². The third kappa shape index (κ3) is 4.80.